The lowest BCUT2D eigenvalue weighted by molar-refractivity contribution is 0.102. The summed E-state index contributed by atoms with van der Waals surface area (Å²) in [5.74, 6) is -0.252. The summed E-state index contributed by atoms with van der Waals surface area (Å²) < 4.78 is 25.2. The summed E-state index contributed by atoms with van der Waals surface area (Å²) in [5, 5.41) is 3.22. The molecular formula is C20H16ClNO3S. The second-order valence-corrected chi connectivity index (χ2v) is 8.19. The summed E-state index contributed by atoms with van der Waals surface area (Å²) in [4.78, 5) is 12.5. The molecule has 0 aliphatic rings. The second-order valence-electron chi connectivity index (χ2n) is 5.80. The number of halogens is 1. The highest BCUT2D eigenvalue weighted by Crippen LogP contribution is 2.24. The second kappa shape index (κ2) is 7.32. The van der Waals surface area contributed by atoms with Crippen molar-refractivity contribution in [1.29, 1.82) is 0 Å². The predicted molar refractivity (Wildman–Crippen MR) is 102 cm³/mol. The Hall–Kier alpha value is -2.63. The van der Waals surface area contributed by atoms with Crippen LogP contribution in [0.1, 0.15) is 15.9 Å². The third-order valence-corrected chi connectivity index (χ3v) is 5.90. The fourth-order valence-corrected chi connectivity index (χ4v) is 3.76. The predicted octanol–water partition coefficient (Wildman–Crippen LogP) is 4.73. The van der Waals surface area contributed by atoms with Crippen molar-refractivity contribution in [1.82, 2.24) is 0 Å². The third kappa shape index (κ3) is 3.95. The van der Waals surface area contributed by atoms with Crippen LogP contribution in [0, 0.1) is 6.92 Å². The van der Waals surface area contributed by atoms with Crippen molar-refractivity contribution in [3.63, 3.8) is 0 Å². The summed E-state index contributed by atoms with van der Waals surface area (Å²) in [6.07, 6.45) is 0. The molecule has 0 saturated heterocycles. The van der Waals surface area contributed by atoms with E-state index < -0.39 is 9.84 Å². The number of carbonyl (C=O) groups is 1. The summed E-state index contributed by atoms with van der Waals surface area (Å²) in [6.45, 7) is 1.95. The molecule has 0 atom stereocenters. The smallest absolute Gasteiger partial charge is 0.255 e. The molecule has 0 saturated carbocycles. The van der Waals surface area contributed by atoms with Crippen molar-refractivity contribution in [2.45, 2.75) is 16.7 Å². The molecule has 0 aromatic heterocycles. The summed E-state index contributed by atoms with van der Waals surface area (Å²) in [6, 6.07) is 19.2. The fraction of sp³-hybridized carbons (Fsp3) is 0.0500. The Morgan fingerprint density at radius 1 is 0.808 bits per heavy atom. The van der Waals surface area contributed by atoms with Gasteiger partial charge in [0, 0.05) is 16.3 Å². The van der Waals surface area contributed by atoms with E-state index >= 15 is 0 Å². The third-order valence-electron chi connectivity index (χ3n) is 3.86. The first-order valence-corrected chi connectivity index (χ1v) is 9.71. The molecule has 0 aliphatic carbocycles. The van der Waals surface area contributed by atoms with E-state index in [1.807, 2.05) is 19.1 Å². The van der Waals surface area contributed by atoms with Gasteiger partial charge in [-0.15, -0.1) is 0 Å². The van der Waals surface area contributed by atoms with Gasteiger partial charge in [-0.3, -0.25) is 4.79 Å². The molecule has 3 aromatic rings. The molecule has 1 amide bonds. The van der Waals surface area contributed by atoms with E-state index in [0.29, 0.717) is 16.3 Å². The molecule has 0 bridgehead atoms. The van der Waals surface area contributed by atoms with Gasteiger partial charge in [-0.2, -0.15) is 0 Å². The average molecular weight is 386 g/mol. The number of rotatable bonds is 4. The number of carbonyl (C=O) groups excluding carboxylic acids is 1. The molecule has 3 aromatic carbocycles. The van der Waals surface area contributed by atoms with Crippen molar-refractivity contribution in [2.75, 3.05) is 5.32 Å². The van der Waals surface area contributed by atoms with Crippen LogP contribution in [0.2, 0.25) is 5.02 Å². The highest BCUT2D eigenvalue weighted by Gasteiger charge is 2.17. The quantitative estimate of drug-likeness (QED) is 0.705. The molecule has 132 valence electrons. The normalized spacial score (nSPS) is 11.2. The summed E-state index contributed by atoms with van der Waals surface area (Å²) >= 11 is 5.80. The Kier molecular flexibility index (Phi) is 5.11. The van der Waals surface area contributed by atoms with Gasteiger partial charge in [0.1, 0.15) is 0 Å². The van der Waals surface area contributed by atoms with Crippen molar-refractivity contribution in [3.8, 4) is 0 Å². The van der Waals surface area contributed by atoms with Crippen molar-refractivity contribution in [3.05, 3.63) is 88.9 Å². The minimum absolute atomic E-state index is 0.146. The standard InChI is InChI=1S/C20H16ClNO3S/c1-14-2-4-15(5-3-14)20(23)22-17-8-12-19(13-9-17)26(24,25)18-10-6-16(21)7-11-18/h2-13H,1H3,(H,22,23). The van der Waals surface area contributed by atoms with Crippen LogP contribution in [0.4, 0.5) is 5.69 Å². The van der Waals surface area contributed by atoms with E-state index in [9.17, 15) is 13.2 Å². The van der Waals surface area contributed by atoms with Crippen LogP contribution in [0.3, 0.4) is 0 Å². The van der Waals surface area contributed by atoms with Gasteiger partial charge in [-0.25, -0.2) is 8.42 Å². The van der Waals surface area contributed by atoms with Crippen LogP contribution in [-0.4, -0.2) is 14.3 Å². The lowest BCUT2D eigenvalue weighted by Gasteiger charge is -2.08. The van der Waals surface area contributed by atoms with Gasteiger partial charge in [0.05, 0.1) is 9.79 Å². The molecular weight excluding hydrogens is 370 g/mol. The first-order chi connectivity index (χ1) is 12.4. The highest BCUT2D eigenvalue weighted by molar-refractivity contribution is 7.91. The van der Waals surface area contributed by atoms with Gasteiger partial charge in [0.25, 0.3) is 5.91 Å². The fourth-order valence-electron chi connectivity index (χ4n) is 2.38. The first kappa shape index (κ1) is 18.2. The SMILES string of the molecule is Cc1ccc(C(=O)Nc2ccc(S(=O)(=O)c3ccc(Cl)cc3)cc2)cc1. The van der Waals surface area contributed by atoms with Crippen LogP contribution in [-0.2, 0) is 9.84 Å². The van der Waals surface area contributed by atoms with Crippen LogP contribution in [0.25, 0.3) is 0 Å². The maximum atomic E-state index is 12.6. The van der Waals surface area contributed by atoms with E-state index in [-0.39, 0.29) is 15.7 Å². The van der Waals surface area contributed by atoms with Crippen LogP contribution >= 0.6 is 11.6 Å². The number of anilines is 1. The maximum absolute atomic E-state index is 12.6. The lowest BCUT2D eigenvalue weighted by atomic mass is 10.1. The van der Waals surface area contributed by atoms with Crippen LogP contribution in [0.15, 0.2) is 82.6 Å². The number of amides is 1. The van der Waals surface area contributed by atoms with Gasteiger partial charge in [-0.1, -0.05) is 29.3 Å². The van der Waals surface area contributed by atoms with E-state index in [0.717, 1.165) is 5.56 Å². The van der Waals surface area contributed by atoms with Crippen LogP contribution < -0.4 is 5.32 Å². The number of sulfone groups is 1. The van der Waals surface area contributed by atoms with Crippen LogP contribution in [0.5, 0.6) is 0 Å². The van der Waals surface area contributed by atoms with Crippen molar-refractivity contribution >= 4 is 33.0 Å². The molecule has 6 heteroatoms. The molecule has 0 radical (unpaired) electrons. The number of aryl methyl sites for hydroxylation is 1. The zero-order chi connectivity index (χ0) is 18.7. The molecule has 0 heterocycles. The van der Waals surface area contributed by atoms with E-state index in [1.54, 1.807) is 24.3 Å². The number of nitrogens with one attached hydrogen (secondary N) is 1. The summed E-state index contributed by atoms with van der Waals surface area (Å²) in [5.41, 5.74) is 2.12. The number of benzene rings is 3. The van der Waals surface area contributed by atoms with Gasteiger partial charge in [0.2, 0.25) is 9.84 Å². The molecule has 1 N–H and O–H groups in total. The first-order valence-electron chi connectivity index (χ1n) is 7.85. The van der Waals surface area contributed by atoms with E-state index in [2.05, 4.69) is 5.32 Å². The lowest BCUT2D eigenvalue weighted by Crippen LogP contribution is -2.12. The van der Waals surface area contributed by atoms with Crippen molar-refractivity contribution in [2.24, 2.45) is 0 Å². The van der Waals surface area contributed by atoms with Gasteiger partial charge >= 0.3 is 0 Å². The zero-order valence-corrected chi connectivity index (χ0v) is 15.5. The Labute approximate surface area is 157 Å². The molecule has 0 fully saturated rings. The minimum atomic E-state index is -3.63. The monoisotopic (exact) mass is 385 g/mol. The molecule has 4 nitrogen and oxygen atoms in total. The Morgan fingerprint density at radius 3 is 1.85 bits per heavy atom. The molecule has 0 spiro atoms. The topological polar surface area (TPSA) is 63.2 Å². The van der Waals surface area contributed by atoms with E-state index in [1.165, 1.54) is 36.4 Å². The highest BCUT2D eigenvalue weighted by atomic mass is 35.5. The molecule has 0 aliphatic heterocycles. The van der Waals surface area contributed by atoms with Gasteiger partial charge in [0.15, 0.2) is 0 Å². The van der Waals surface area contributed by atoms with Gasteiger partial charge < -0.3 is 5.32 Å². The molecule has 0 unspecified atom stereocenters. The number of hydrogen-bond donors (Lipinski definition) is 1. The minimum Gasteiger partial charge on any atom is -0.322 e. The van der Waals surface area contributed by atoms with E-state index in [4.69, 9.17) is 11.6 Å². The Morgan fingerprint density at radius 2 is 1.31 bits per heavy atom. The Balaban J connectivity index is 1.78. The zero-order valence-electron chi connectivity index (χ0n) is 13.9. The average Bonchev–Trinajstić information content (AvgIpc) is 2.63. The van der Waals surface area contributed by atoms with Crippen molar-refractivity contribution < 1.29 is 13.2 Å². The number of hydrogen-bond acceptors (Lipinski definition) is 3. The molecule has 26 heavy (non-hydrogen) atoms. The summed E-state index contributed by atoms with van der Waals surface area (Å²) in [7, 11) is -3.63. The van der Waals surface area contributed by atoms with Gasteiger partial charge in [-0.05, 0) is 67.6 Å². The largest absolute Gasteiger partial charge is 0.322 e. The molecule has 3 rings (SSSR count). The Bertz CT molecular complexity index is 1030. The maximum Gasteiger partial charge on any atom is 0.255 e.